The van der Waals surface area contributed by atoms with Crippen molar-refractivity contribution in [2.75, 3.05) is 26.7 Å². The number of hydrogen-bond acceptors (Lipinski definition) is 2. The smallest absolute Gasteiger partial charge is 0.254 e. The predicted molar refractivity (Wildman–Crippen MR) is 102 cm³/mol. The van der Waals surface area contributed by atoms with Gasteiger partial charge in [0, 0.05) is 25.2 Å². The van der Waals surface area contributed by atoms with Gasteiger partial charge in [-0.05, 0) is 35.5 Å². The van der Waals surface area contributed by atoms with E-state index in [2.05, 4.69) is 36.2 Å². The number of carbonyl (C=O) groups is 1. The Morgan fingerprint density at radius 3 is 2.40 bits per heavy atom. The lowest BCUT2D eigenvalue weighted by Gasteiger charge is -2.40. The number of benzene rings is 3. The molecule has 3 aromatic rings. The monoisotopic (exact) mass is 330 g/mol. The molecule has 25 heavy (non-hydrogen) atoms. The number of carbonyl (C=O) groups excluding carboxylic acids is 1. The van der Waals surface area contributed by atoms with Crippen molar-refractivity contribution >= 4 is 16.7 Å². The van der Waals surface area contributed by atoms with Gasteiger partial charge >= 0.3 is 0 Å². The van der Waals surface area contributed by atoms with Crippen molar-refractivity contribution in [3.05, 3.63) is 83.9 Å². The summed E-state index contributed by atoms with van der Waals surface area (Å²) in [5, 5.41) is 2.27. The number of amides is 1. The molecule has 3 nitrogen and oxygen atoms in total. The third-order valence-electron chi connectivity index (χ3n) is 5.03. The summed E-state index contributed by atoms with van der Waals surface area (Å²) in [6, 6.07) is 24.6. The largest absolute Gasteiger partial charge is 0.329 e. The van der Waals surface area contributed by atoms with Crippen molar-refractivity contribution in [3.8, 4) is 0 Å². The molecule has 0 aromatic heterocycles. The Labute approximate surface area is 148 Å². The van der Waals surface area contributed by atoms with Crippen molar-refractivity contribution in [1.29, 1.82) is 0 Å². The van der Waals surface area contributed by atoms with Gasteiger partial charge in [0.05, 0.1) is 6.04 Å². The summed E-state index contributed by atoms with van der Waals surface area (Å²) < 4.78 is 0. The molecule has 0 spiro atoms. The molecule has 4 rings (SSSR count). The van der Waals surface area contributed by atoms with Gasteiger partial charge in [-0.15, -0.1) is 0 Å². The Balaban J connectivity index is 1.68. The molecule has 1 aliphatic rings. The van der Waals surface area contributed by atoms with Gasteiger partial charge in [-0.25, -0.2) is 0 Å². The van der Waals surface area contributed by atoms with Crippen LogP contribution in [-0.2, 0) is 0 Å². The minimum Gasteiger partial charge on any atom is -0.329 e. The molecular formula is C22H22N2O. The average molecular weight is 330 g/mol. The summed E-state index contributed by atoms with van der Waals surface area (Å²) in [6.45, 7) is 2.52. The molecule has 0 bridgehead atoms. The van der Waals surface area contributed by atoms with E-state index in [4.69, 9.17) is 0 Å². The van der Waals surface area contributed by atoms with Crippen molar-refractivity contribution in [2.24, 2.45) is 0 Å². The van der Waals surface area contributed by atoms with Gasteiger partial charge in [0.25, 0.3) is 5.91 Å². The molecule has 1 atom stereocenters. The zero-order valence-corrected chi connectivity index (χ0v) is 14.4. The van der Waals surface area contributed by atoms with Gasteiger partial charge in [-0.2, -0.15) is 0 Å². The van der Waals surface area contributed by atoms with E-state index in [1.165, 1.54) is 5.56 Å². The maximum atomic E-state index is 13.2. The standard InChI is InChI=1S/C22H22N2O/c1-23-13-14-24(21(16-23)18-8-3-2-4-9-18)22(25)20-12-11-17-7-5-6-10-19(17)15-20/h2-12,15,21H,13-14,16H2,1H3. The number of rotatable bonds is 2. The SMILES string of the molecule is CN1CCN(C(=O)c2ccc3ccccc3c2)C(c2ccccc2)C1. The third-order valence-corrected chi connectivity index (χ3v) is 5.03. The van der Waals surface area contributed by atoms with Crippen LogP contribution in [0.15, 0.2) is 72.8 Å². The average Bonchev–Trinajstić information content (AvgIpc) is 2.67. The van der Waals surface area contributed by atoms with Gasteiger partial charge in [0.2, 0.25) is 0 Å². The van der Waals surface area contributed by atoms with E-state index in [9.17, 15) is 4.79 Å². The van der Waals surface area contributed by atoms with Crippen molar-refractivity contribution in [1.82, 2.24) is 9.80 Å². The fourth-order valence-electron chi connectivity index (χ4n) is 3.61. The first kappa shape index (κ1) is 15.9. The van der Waals surface area contributed by atoms with Crippen LogP contribution in [-0.4, -0.2) is 42.4 Å². The van der Waals surface area contributed by atoms with Crippen LogP contribution in [0.3, 0.4) is 0 Å². The number of fused-ring (bicyclic) bond motifs is 1. The quantitative estimate of drug-likeness (QED) is 0.710. The maximum Gasteiger partial charge on any atom is 0.254 e. The molecular weight excluding hydrogens is 308 g/mol. The number of hydrogen-bond donors (Lipinski definition) is 0. The molecule has 3 aromatic carbocycles. The van der Waals surface area contributed by atoms with E-state index >= 15 is 0 Å². The fraction of sp³-hybridized carbons (Fsp3) is 0.227. The van der Waals surface area contributed by atoms with E-state index in [-0.39, 0.29) is 11.9 Å². The Morgan fingerprint density at radius 1 is 0.880 bits per heavy atom. The summed E-state index contributed by atoms with van der Waals surface area (Å²) in [7, 11) is 2.12. The molecule has 126 valence electrons. The lowest BCUT2D eigenvalue weighted by atomic mass is 10.0. The molecule has 1 heterocycles. The highest BCUT2D eigenvalue weighted by Gasteiger charge is 2.30. The summed E-state index contributed by atoms with van der Waals surface area (Å²) in [6.07, 6.45) is 0. The van der Waals surface area contributed by atoms with E-state index in [0.29, 0.717) is 0 Å². The van der Waals surface area contributed by atoms with Crippen LogP contribution >= 0.6 is 0 Å². The first-order chi connectivity index (χ1) is 12.2. The zero-order valence-electron chi connectivity index (χ0n) is 14.4. The van der Waals surface area contributed by atoms with E-state index in [1.807, 2.05) is 53.4 Å². The number of nitrogens with zero attached hydrogens (tertiary/aromatic N) is 2. The zero-order chi connectivity index (χ0) is 17.2. The van der Waals surface area contributed by atoms with Crippen molar-refractivity contribution in [3.63, 3.8) is 0 Å². The highest BCUT2D eigenvalue weighted by molar-refractivity contribution is 5.98. The van der Waals surface area contributed by atoms with Crippen LogP contribution in [0, 0.1) is 0 Å². The minimum absolute atomic E-state index is 0.0962. The highest BCUT2D eigenvalue weighted by Crippen LogP contribution is 2.27. The van der Waals surface area contributed by atoms with Crippen LogP contribution in [0.25, 0.3) is 10.8 Å². The van der Waals surface area contributed by atoms with Gasteiger partial charge in [0.15, 0.2) is 0 Å². The Morgan fingerprint density at radius 2 is 1.60 bits per heavy atom. The van der Waals surface area contributed by atoms with E-state index in [1.54, 1.807) is 0 Å². The normalized spacial score (nSPS) is 18.4. The van der Waals surface area contributed by atoms with Crippen LogP contribution in [0.1, 0.15) is 22.0 Å². The molecule has 0 aliphatic carbocycles. The van der Waals surface area contributed by atoms with E-state index < -0.39 is 0 Å². The summed E-state index contributed by atoms with van der Waals surface area (Å²) in [4.78, 5) is 17.6. The first-order valence-corrected chi connectivity index (χ1v) is 8.75. The lowest BCUT2D eigenvalue weighted by molar-refractivity contribution is 0.0498. The molecule has 0 saturated carbocycles. The number of piperazine rings is 1. The fourth-order valence-corrected chi connectivity index (χ4v) is 3.61. The Kier molecular flexibility index (Phi) is 4.24. The molecule has 3 heteroatoms. The van der Waals surface area contributed by atoms with Crippen LogP contribution in [0.4, 0.5) is 0 Å². The molecule has 1 saturated heterocycles. The first-order valence-electron chi connectivity index (χ1n) is 8.75. The summed E-state index contributed by atoms with van der Waals surface area (Å²) >= 11 is 0. The molecule has 1 unspecified atom stereocenters. The molecule has 1 aliphatic heterocycles. The number of likely N-dealkylation sites (N-methyl/N-ethyl adjacent to an activating group) is 1. The van der Waals surface area contributed by atoms with Gasteiger partial charge < -0.3 is 9.80 Å². The van der Waals surface area contributed by atoms with Crippen molar-refractivity contribution in [2.45, 2.75) is 6.04 Å². The van der Waals surface area contributed by atoms with Gasteiger partial charge in [-0.1, -0.05) is 60.7 Å². The summed E-state index contributed by atoms with van der Waals surface area (Å²) in [5.74, 6) is 0.118. The highest BCUT2D eigenvalue weighted by atomic mass is 16.2. The third kappa shape index (κ3) is 3.15. The van der Waals surface area contributed by atoms with Crippen LogP contribution < -0.4 is 0 Å². The minimum atomic E-state index is 0.0962. The second-order valence-corrected chi connectivity index (χ2v) is 6.75. The summed E-state index contributed by atoms with van der Waals surface area (Å²) in [5.41, 5.74) is 1.97. The lowest BCUT2D eigenvalue weighted by Crippen LogP contribution is -2.49. The van der Waals surface area contributed by atoms with Gasteiger partial charge in [0.1, 0.15) is 0 Å². The Bertz CT molecular complexity index is 891. The van der Waals surface area contributed by atoms with Crippen LogP contribution in [0.5, 0.6) is 0 Å². The maximum absolute atomic E-state index is 13.2. The predicted octanol–water partition coefficient (Wildman–Crippen LogP) is 3.97. The second kappa shape index (κ2) is 6.69. The van der Waals surface area contributed by atoms with Crippen molar-refractivity contribution < 1.29 is 4.79 Å². The molecule has 1 fully saturated rings. The topological polar surface area (TPSA) is 23.6 Å². The van der Waals surface area contributed by atoms with Gasteiger partial charge in [-0.3, -0.25) is 4.79 Å². The molecule has 0 radical (unpaired) electrons. The molecule has 1 amide bonds. The van der Waals surface area contributed by atoms with E-state index in [0.717, 1.165) is 36.0 Å². The second-order valence-electron chi connectivity index (χ2n) is 6.75. The Hall–Kier alpha value is -2.65. The molecule has 0 N–H and O–H groups in total. The van der Waals surface area contributed by atoms with Crippen LogP contribution in [0.2, 0.25) is 0 Å².